The van der Waals surface area contributed by atoms with Gasteiger partial charge in [-0.2, -0.15) is 5.10 Å². The fourth-order valence-corrected chi connectivity index (χ4v) is 4.62. The van der Waals surface area contributed by atoms with E-state index in [1.807, 2.05) is 9.58 Å². The lowest BCUT2D eigenvalue weighted by atomic mass is 9.91. The zero-order chi connectivity index (χ0) is 22.7. The number of alkyl halides is 3. The van der Waals surface area contributed by atoms with Crippen molar-refractivity contribution in [3.8, 4) is 5.75 Å². The van der Waals surface area contributed by atoms with Gasteiger partial charge in [0.15, 0.2) is 5.69 Å². The fourth-order valence-electron chi connectivity index (χ4n) is 4.62. The van der Waals surface area contributed by atoms with E-state index in [0.717, 1.165) is 63.0 Å². The zero-order valence-electron chi connectivity index (χ0n) is 18.2. The summed E-state index contributed by atoms with van der Waals surface area (Å²) in [4.78, 5) is 15.0. The number of hydrogen-bond acceptors (Lipinski definition) is 4. The van der Waals surface area contributed by atoms with Crippen LogP contribution in [0.3, 0.4) is 0 Å². The number of benzene rings is 1. The van der Waals surface area contributed by atoms with Crippen LogP contribution in [0.4, 0.5) is 13.2 Å². The van der Waals surface area contributed by atoms with Crippen molar-refractivity contribution in [2.24, 2.45) is 0 Å². The molecule has 2 aromatic rings. The minimum absolute atomic E-state index is 0.0197. The Bertz CT molecular complexity index is 951. The van der Waals surface area contributed by atoms with Gasteiger partial charge in [0.1, 0.15) is 5.75 Å². The second kappa shape index (κ2) is 9.52. The predicted octanol–water partition coefficient (Wildman–Crippen LogP) is 4.07. The van der Waals surface area contributed by atoms with Crippen molar-refractivity contribution in [2.45, 2.75) is 70.9 Å². The van der Waals surface area contributed by atoms with E-state index >= 15 is 0 Å². The number of carbonyl (C=O) groups is 1. The van der Waals surface area contributed by atoms with Crippen LogP contribution < -0.4 is 10.1 Å². The van der Waals surface area contributed by atoms with Gasteiger partial charge in [0.2, 0.25) is 0 Å². The van der Waals surface area contributed by atoms with Gasteiger partial charge >= 0.3 is 6.36 Å². The lowest BCUT2D eigenvalue weighted by Crippen LogP contribution is -2.35. The van der Waals surface area contributed by atoms with Crippen LogP contribution in [0.5, 0.6) is 5.75 Å². The molecule has 1 saturated heterocycles. The van der Waals surface area contributed by atoms with Gasteiger partial charge in [0, 0.05) is 43.5 Å². The van der Waals surface area contributed by atoms with Crippen LogP contribution in [0.25, 0.3) is 0 Å². The Labute approximate surface area is 185 Å². The molecule has 0 saturated carbocycles. The first-order valence-corrected chi connectivity index (χ1v) is 11.3. The van der Waals surface area contributed by atoms with Gasteiger partial charge in [-0.25, -0.2) is 0 Å². The topological polar surface area (TPSA) is 59.4 Å². The molecule has 9 heteroatoms. The number of fused-ring (bicyclic) bond motifs is 1. The molecule has 2 aliphatic rings. The second-order valence-electron chi connectivity index (χ2n) is 8.51. The van der Waals surface area contributed by atoms with E-state index in [1.54, 1.807) is 12.1 Å². The number of rotatable bonds is 7. The molecule has 1 N–H and O–H groups in total. The highest BCUT2D eigenvalue weighted by Crippen LogP contribution is 2.28. The standard InChI is InChI=1S/C23H29F3N4O2/c1-2-10-30-20-9-8-17(14-19(20)21(28-30)22(31)29-11-3-4-12-29)27-15-16-6-5-7-18(13-16)32-23(24,25)26/h5-7,13,17,27H,2-4,8-12,14-15H2,1H3/t17-/m1/s1. The van der Waals surface area contributed by atoms with E-state index in [0.29, 0.717) is 24.2 Å². The van der Waals surface area contributed by atoms with Crippen LogP contribution in [0.1, 0.15) is 59.9 Å². The van der Waals surface area contributed by atoms with Crippen molar-refractivity contribution < 1.29 is 22.7 Å². The van der Waals surface area contributed by atoms with Crippen molar-refractivity contribution in [2.75, 3.05) is 13.1 Å². The Kier molecular flexibility index (Phi) is 6.74. The molecule has 32 heavy (non-hydrogen) atoms. The molecule has 0 radical (unpaired) electrons. The molecule has 174 valence electrons. The number of aromatic nitrogens is 2. The molecule has 1 atom stereocenters. The number of ether oxygens (including phenoxy) is 1. The van der Waals surface area contributed by atoms with Gasteiger partial charge in [-0.05, 0) is 56.2 Å². The number of amides is 1. The first kappa shape index (κ1) is 22.6. The fraction of sp³-hybridized carbons (Fsp3) is 0.565. The van der Waals surface area contributed by atoms with E-state index in [1.165, 1.54) is 12.1 Å². The van der Waals surface area contributed by atoms with Crippen molar-refractivity contribution in [3.63, 3.8) is 0 Å². The normalized spacial score (nSPS) is 18.6. The molecule has 1 aromatic heterocycles. The molecule has 2 heterocycles. The van der Waals surface area contributed by atoms with Crippen molar-refractivity contribution in [1.29, 1.82) is 0 Å². The molecule has 1 fully saturated rings. The summed E-state index contributed by atoms with van der Waals surface area (Å²) < 4.78 is 43.5. The van der Waals surface area contributed by atoms with Crippen LogP contribution >= 0.6 is 0 Å². The van der Waals surface area contributed by atoms with Crippen LogP contribution in [-0.4, -0.2) is 46.1 Å². The molecular formula is C23H29F3N4O2. The van der Waals surface area contributed by atoms with Gasteiger partial charge < -0.3 is 15.0 Å². The first-order chi connectivity index (χ1) is 15.3. The number of aryl methyl sites for hydroxylation is 1. The summed E-state index contributed by atoms with van der Waals surface area (Å²) in [5, 5.41) is 8.15. The molecule has 1 aromatic carbocycles. The lowest BCUT2D eigenvalue weighted by molar-refractivity contribution is -0.274. The van der Waals surface area contributed by atoms with Crippen molar-refractivity contribution in [1.82, 2.24) is 20.0 Å². The highest BCUT2D eigenvalue weighted by Gasteiger charge is 2.32. The Morgan fingerprint density at radius 3 is 2.78 bits per heavy atom. The number of hydrogen-bond donors (Lipinski definition) is 1. The number of carbonyl (C=O) groups excluding carboxylic acids is 1. The van der Waals surface area contributed by atoms with E-state index in [-0.39, 0.29) is 17.7 Å². The highest BCUT2D eigenvalue weighted by atomic mass is 19.4. The van der Waals surface area contributed by atoms with E-state index < -0.39 is 6.36 Å². The number of nitrogens with zero attached hydrogens (tertiary/aromatic N) is 3. The summed E-state index contributed by atoms with van der Waals surface area (Å²) >= 11 is 0. The molecule has 1 aliphatic carbocycles. The molecule has 1 aliphatic heterocycles. The Morgan fingerprint density at radius 1 is 1.28 bits per heavy atom. The summed E-state index contributed by atoms with van der Waals surface area (Å²) in [6.45, 7) is 4.88. The molecule has 4 rings (SSSR count). The minimum atomic E-state index is -4.71. The SMILES string of the molecule is CCCn1nc(C(=O)N2CCCC2)c2c1CC[C@@H](NCc1cccc(OC(F)(F)F)c1)C2. The maximum absolute atomic E-state index is 13.1. The number of halogens is 3. The quantitative estimate of drug-likeness (QED) is 0.691. The maximum atomic E-state index is 13.1. The van der Waals surface area contributed by atoms with Crippen molar-refractivity contribution in [3.05, 3.63) is 46.8 Å². The van der Waals surface area contributed by atoms with Gasteiger partial charge in [-0.3, -0.25) is 9.48 Å². The second-order valence-corrected chi connectivity index (χ2v) is 8.51. The van der Waals surface area contributed by atoms with Crippen molar-refractivity contribution >= 4 is 5.91 Å². The van der Waals surface area contributed by atoms with Crippen LogP contribution in [0, 0.1) is 0 Å². The Hall–Kier alpha value is -2.55. The average Bonchev–Trinajstić information content (AvgIpc) is 3.40. The number of nitrogens with one attached hydrogen (secondary N) is 1. The third kappa shape index (κ3) is 5.26. The van der Waals surface area contributed by atoms with E-state index in [9.17, 15) is 18.0 Å². The van der Waals surface area contributed by atoms with Crippen LogP contribution in [-0.2, 0) is 25.9 Å². The average molecular weight is 451 g/mol. The lowest BCUT2D eigenvalue weighted by Gasteiger charge is -2.25. The molecular weight excluding hydrogens is 421 g/mol. The van der Waals surface area contributed by atoms with Crippen LogP contribution in [0.2, 0.25) is 0 Å². The van der Waals surface area contributed by atoms with Gasteiger partial charge in [0.05, 0.1) is 0 Å². The minimum Gasteiger partial charge on any atom is -0.406 e. The number of likely N-dealkylation sites (tertiary alicyclic amines) is 1. The van der Waals surface area contributed by atoms with E-state index in [2.05, 4.69) is 17.0 Å². The predicted molar refractivity (Wildman–Crippen MR) is 113 cm³/mol. The smallest absolute Gasteiger partial charge is 0.406 e. The summed E-state index contributed by atoms with van der Waals surface area (Å²) in [7, 11) is 0. The van der Waals surface area contributed by atoms with Gasteiger partial charge in [-0.1, -0.05) is 19.1 Å². The summed E-state index contributed by atoms with van der Waals surface area (Å²) in [6, 6.07) is 6.14. The van der Waals surface area contributed by atoms with Gasteiger partial charge in [-0.15, -0.1) is 13.2 Å². The summed E-state index contributed by atoms with van der Waals surface area (Å²) in [5.41, 5.74) is 3.45. The van der Waals surface area contributed by atoms with E-state index in [4.69, 9.17) is 5.10 Å². The molecule has 0 bridgehead atoms. The molecule has 6 nitrogen and oxygen atoms in total. The third-order valence-electron chi connectivity index (χ3n) is 6.10. The first-order valence-electron chi connectivity index (χ1n) is 11.3. The molecule has 0 unspecified atom stereocenters. The molecule has 0 spiro atoms. The monoisotopic (exact) mass is 450 g/mol. The zero-order valence-corrected chi connectivity index (χ0v) is 18.2. The van der Waals surface area contributed by atoms with Crippen LogP contribution in [0.15, 0.2) is 24.3 Å². The third-order valence-corrected chi connectivity index (χ3v) is 6.10. The Balaban J connectivity index is 1.46. The van der Waals surface area contributed by atoms with Gasteiger partial charge in [0.25, 0.3) is 5.91 Å². The summed E-state index contributed by atoms with van der Waals surface area (Å²) in [5.74, 6) is -0.201. The maximum Gasteiger partial charge on any atom is 0.573 e. The largest absolute Gasteiger partial charge is 0.573 e. The summed E-state index contributed by atoms with van der Waals surface area (Å²) in [6.07, 6.45) is 0.706. The molecule has 1 amide bonds. The Morgan fingerprint density at radius 2 is 2.06 bits per heavy atom. The highest BCUT2D eigenvalue weighted by molar-refractivity contribution is 5.94.